The fraction of sp³-hybridized carbons (Fsp3) is 0.500. The topological polar surface area (TPSA) is 91.8 Å². The van der Waals surface area contributed by atoms with Gasteiger partial charge in [0.2, 0.25) is 10.0 Å². The summed E-state index contributed by atoms with van der Waals surface area (Å²) in [6.45, 7) is -0.185. The third-order valence-corrected chi connectivity index (χ3v) is 8.20. The molecule has 1 aliphatic heterocycles. The summed E-state index contributed by atoms with van der Waals surface area (Å²) in [5.74, 6) is -0.128. The highest BCUT2D eigenvalue weighted by molar-refractivity contribution is 9.10. The van der Waals surface area contributed by atoms with Crippen molar-refractivity contribution in [2.75, 3.05) is 18.6 Å². The van der Waals surface area contributed by atoms with Crippen LogP contribution in [0.1, 0.15) is 12.0 Å². The van der Waals surface area contributed by atoms with Crippen molar-refractivity contribution in [1.82, 2.24) is 4.31 Å². The van der Waals surface area contributed by atoms with Gasteiger partial charge in [-0.1, -0.05) is 6.07 Å². The van der Waals surface area contributed by atoms with Crippen LogP contribution in [0, 0.1) is 0 Å². The molecule has 0 aliphatic carbocycles. The van der Waals surface area contributed by atoms with Crippen molar-refractivity contribution < 1.29 is 21.9 Å². The van der Waals surface area contributed by atoms with E-state index in [1.807, 2.05) is 0 Å². The van der Waals surface area contributed by atoms with E-state index in [4.69, 9.17) is 5.11 Å². The lowest BCUT2D eigenvalue weighted by molar-refractivity contribution is 0.281. The van der Waals surface area contributed by atoms with E-state index in [0.717, 1.165) is 4.31 Å². The van der Waals surface area contributed by atoms with E-state index in [2.05, 4.69) is 15.9 Å². The fourth-order valence-corrected chi connectivity index (χ4v) is 6.60. The highest BCUT2D eigenvalue weighted by Gasteiger charge is 2.37. The summed E-state index contributed by atoms with van der Waals surface area (Å²) in [5, 5.41) is 9.05. The maximum atomic E-state index is 12.6. The molecule has 0 saturated carbocycles. The number of sulfonamides is 1. The molecule has 118 valence electrons. The van der Waals surface area contributed by atoms with Crippen LogP contribution in [0.25, 0.3) is 0 Å². The van der Waals surface area contributed by atoms with Crippen LogP contribution in [-0.2, 0) is 26.5 Å². The summed E-state index contributed by atoms with van der Waals surface area (Å²) in [6.07, 6.45) is 0.310. The Morgan fingerprint density at radius 3 is 2.57 bits per heavy atom. The second kappa shape index (κ2) is 5.96. The molecule has 1 atom stereocenters. The van der Waals surface area contributed by atoms with Crippen LogP contribution in [0.2, 0.25) is 0 Å². The number of rotatable bonds is 4. The van der Waals surface area contributed by atoms with Crippen LogP contribution in [-0.4, -0.2) is 50.8 Å². The lowest BCUT2D eigenvalue weighted by atomic mass is 10.2. The van der Waals surface area contributed by atoms with Gasteiger partial charge in [-0.05, 0) is 40.0 Å². The lowest BCUT2D eigenvalue weighted by Crippen LogP contribution is -2.37. The maximum absolute atomic E-state index is 12.6. The molecule has 1 aromatic rings. The molecule has 0 aromatic heterocycles. The summed E-state index contributed by atoms with van der Waals surface area (Å²) in [5.41, 5.74) is 0.590. The molecule has 1 saturated heterocycles. The van der Waals surface area contributed by atoms with Crippen LogP contribution >= 0.6 is 15.9 Å². The molecule has 1 aromatic carbocycles. The Kier molecular flexibility index (Phi) is 4.79. The van der Waals surface area contributed by atoms with Crippen molar-refractivity contribution in [3.05, 3.63) is 28.2 Å². The molecular weight excluding hydrogens is 382 g/mol. The van der Waals surface area contributed by atoms with Crippen molar-refractivity contribution in [2.24, 2.45) is 0 Å². The average Bonchev–Trinajstić information content (AvgIpc) is 2.77. The van der Waals surface area contributed by atoms with Gasteiger partial charge in [-0.25, -0.2) is 16.8 Å². The number of nitrogens with zero attached hydrogens (tertiary/aromatic N) is 1. The Morgan fingerprint density at radius 1 is 1.43 bits per heavy atom. The zero-order valence-electron chi connectivity index (χ0n) is 11.4. The second-order valence-corrected chi connectivity index (χ2v) is 10.0. The Bertz CT molecular complexity index is 745. The van der Waals surface area contributed by atoms with Crippen molar-refractivity contribution in [1.29, 1.82) is 0 Å². The van der Waals surface area contributed by atoms with E-state index < -0.39 is 25.9 Å². The van der Waals surface area contributed by atoms with Gasteiger partial charge >= 0.3 is 0 Å². The van der Waals surface area contributed by atoms with Crippen molar-refractivity contribution >= 4 is 35.8 Å². The Morgan fingerprint density at radius 2 is 2.10 bits per heavy atom. The quantitative estimate of drug-likeness (QED) is 0.808. The van der Waals surface area contributed by atoms with Gasteiger partial charge in [0, 0.05) is 17.6 Å². The minimum Gasteiger partial charge on any atom is -0.392 e. The van der Waals surface area contributed by atoms with E-state index in [1.165, 1.54) is 25.2 Å². The van der Waals surface area contributed by atoms with E-state index >= 15 is 0 Å². The zero-order valence-corrected chi connectivity index (χ0v) is 14.6. The SMILES string of the molecule is CN(C1CCS(=O)(=O)C1)S(=O)(=O)c1ccc(CO)cc1Br. The van der Waals surface area contributed by atoms with Crippen LogP contribution in [0.3, 0.4) is 0 Å². The number of sulfone groups is 1. The molecule has 1 unspecified atom stereocenters. The van der Waals surface area contributed by atoms with E-state index in [9.17, 15) is 16.8 Å². The molecule has 0 amide bonds. The highest BCUT2D eigenvalue weighted by atomic mass is 79.9. The first-order valence-electron chi connectivity index (χ1n) is 6.25. The predicted molar refractivity (Wildman–Crippen MR) is 82.1 cm³/mol. The zero-order chi connectivity index (χ0) is 15.8. The molecular formula is C12H16BrNO5S2. The van der Waals surface area contributed by atoms with Gasteiger partial charge in [0.05, 0.1) is 23.0 Å². The molecule has 1 heterocycles. The van der Waals surface area contributed by atoms with Gasteiger partial charge in [-0.2, -0.15) is 4.31 Å². The smallest absolute Gasteiger partial charge is 0.244 e. The number of halogens is 1. The highest BCUT2D eigenvalue weighted by Crippen LogP contribution is 2.29. The number of benzene rings is 1. The standard InChI is InChI=1S/C12H16BrNO5S2/c1-14(10-4-5-20(16,17)8-10)21(18,19)12-3-2-9(7-15)6-11(12)13/h2-3,6,10,15H,4-5,7-8H2,1H3. The van der Waals surface area contributed by atoms with Gasteiger partial charge in [-0.3, -0.25) is 0 Å². The molecule has 0 radical (unpaired) electrons. The maximum Gasteiger partial charge on any atom is 0.244 e. The van der Waals surface area contributed by atoms with E-state index in [1.54, 1.807) is 0 Å². The van der Waals surface area contributed by atoms with Gasteiger partial charge in [0.25, 0.3) is 0 Å². The van der Waals surface area contributed by atoms with E-state index in [0.29, 0.717) is 16.5 Å². The molecule has 1 fully saturated rings. The second-order valence-electron chi connectivity index (χ2n) is 5.00. The number of hydrogen-bond acceptors (Lipinski definition) is 5. The summed E-state index contributed by atoms with van der Waals surface area (Å²) >= 11 is 3.19. The number of aliphatic hydroxyl groups is 1. The monoisotopic (exact) mass is 397 g/mol. The molecule has 0 bridgehead atoms. The molecule has 1 aliphatic rings. The number of aliphatic hydroxyl groups excluding tert-OH is 1. The molecule has 1 N–H and O–H groups in total. The third-order valence-electron chi connectivity index (χ3n) is 3.56. The molecule has 2 rings (SSSR count). The van der Waals surface area contributed by atoms with Crippen LogP contribution in [0.15, 0.2) is 27.6 Å². The largest absolute Gasteiger partial charge is 0.392 e. The fourth-order valence-electron chi connectivity index (χ4n) is 2.27. The molecule has 0 spiro atoms. The Hall–Kier alpha value is -0.480. The van der Waals surface area contributed by atoms with Gasteiger partial charge in [0.1, 0.15) is 0 Å². The summed E-state index contributed by atoms with van der Waals surface area (Å²) in [6, 6.07) is 3.93. The minimum absolute atomic E-state index is 0.0160. The first kappa shape index (κ1) is 16.9. The van der Waals surface area contributed by atoms with Gasteiger partial charge in [-0.15, -0.1) is 0 Å². The molecule has 9 heteroatoms. The summed E-state index contributed by atoms with van der Waals surface area (Å²) < 4.78 is 49.7. The first-order chi connectivity index (χ1) is 9.67. The minimum atomic E-state index is -3.79. The normalized spacial score (nSPS) is 21.8. The predicted octanol–water partition coefficient (Wildman–Crippen LogP) is 0.749. The van der Waals surface area contributed by atoms with Crippen LogP contribution in [0.4, 0.5) is 0 Å². The summed E-state index contributed by atoms with van der Waals surface area (Å²) in [7, 11) is -5.55. The van der Waals surface area contributed by atoms with Gasteiger partial charge in [0.15, 0.2) is 9.84 Å². The Labute approximate surface area is 132 Å². The third kappa shape index (κ3) is 3.48. The van der Waals surface area contributed by atoms with Crippen LogP contribution < -0.4 is 0 Å². The molecule has 21 heavy (non-hydrogen) atoms. The van der Waals surface area contributed by atoms with Crippen molar-refractivity contribution in [3.8, 4) is 0 Å². The molecule has 6 nitrogen and oxygen atoms in total. The Balaban J connectivity index is 2.34. The first-order valence-corrected chi connectivity index (χ1v) is 10.3. The lowest BCUT2D eigenvalue weighted by Gasteiger charge is -2.23. The van der Waals surface area contributed by atoms with Gasteiger partial charge < -0.3 is 5.11 Å². The van der Waals surface area contributed by atoms with Crippen molar-refractivity contribution in [2.45, 2.75) is 24.0 Å². The average molecular weight is 398 g/mol. The van der Waals surface area contributed by atoms with E-state index in [-0.39, 0.29) is 23.0 Å². The van der Waals surface area contributed by atoms with Crippen LogP contribution in [0.5, 0.6) is 0 Å². The number of hydrogen-bond donors (Lipinski definition) is 1. The van der Waals surface area contributed by atoms with Crippen molar-refractivity contribution in [3.63, 3.8) is 0 Å². The summed E-state index contributed by atoms with van der Waals surface area (Å²) in [4.78, 5) is 0.0616.